The highest BCUT2D eigenvalue weighted by Gasteiger charge is 2.22. The quantitative estimate of drug-likeness (QED) is 0.638. The topological polar surface area (TPSA) is 69.6 Å². The predicted octanol–water partition coefficient (Wildman–Crippen LogP) is 3.12. The van der Waals surface area contributed by atoms with Crippen LogP contribution in [-0.4, -0.2) is 47.7 Å². The summed E-state index contributed by atoms with van der Waals surface area (Å²) >= 11 is 0. The number of hydrogen-bond acceptors (Lipinski definition) is 7. The monoisotopic (exact) mass is 392 g/mol. The Labute approximate surface area is 170 Å². The Kier molecular flexibility index (Phi) is 5.57. The highest BCUT2D eigenvalue weighted by atomic mass is 16.5. The third kappa shape index (κ3) is 4.00. The normalized spacial score (nSPS) is 13.6. The third-order valence-corrected chi connectivity index (χ3v) is 5.13. The number of benzene rings is 1. The molecule has 7 heteroatoms. The van der Waals surface area contributed by atoms with Crippen LogP contribution in [0.25, 0.3) is 11.4 Å². The van der Waals surface area contributed by atoms with E-state index in [4.69, 9.17) is 19.2 Å². The molecule has 0 saturated heterocycles. The van der Waals surface area contributed by atoms with Gasteiger partial charge < -0.3 is 14.2 Å². The first-order valence-corrected chi connectivity index (χ1v) is 9.48. The van der Waals surface area contributed by atoms with Crippen LogP contribution in [0.15, 0.2) is 42.9 Å². The minimum absolute atomic E-state index is 0.708. The van der Waals surface area contributed by atoms with E-state index in [1.54, 1.807) is 33.7 Å². The molecule has 1 aliphatic rings. The summed E-state index contributed by atoms with van der Waals surface area (Å²) in [5, 5.41) is 0. The molecule has 4 rings (SSSR count). The molecule has 0 aliphatic carbocycles. The first-order chi connectivity index (χ1) is 14.2. The van der Waals surface area contributed by atoms with Gasteiger partial charge in [-0.2, -0.15) is 0 Å². The fourth-order valence-electron chi connectivity index (χ4n) is 3.60. The van der Waals surface area contributed by atoms with Gasteiger partial charge in [0, 0.05) is 67.9 Å². The summed E-state index contributed by atoms with van der Waals surface area (Å²) in [6.07, 6.45) is 6.34. The molecule has 3 aromatic rings. The maximum Gasteiger partial charge on any atom is 0.160 e. The minimum Gasteiger partial charge on any atom is -0.496 e. The van der Waals surface area contributed by atoms with Gasteiger partial charge in [0.2, 0.25) is 0 Å². The fourth-order valence-corrected chi connectivity index (χ4v) is 3.60. The molecule has 1 aliphatic heterocycles. The Morgan fingerprint density at radius 1 is 1.03 bits per heavy atom. The number of rotatable bonds is 6. The summed E-state index contributed by atoms with van der Waals surface area (Å²) < 4.78 is 16.5. The molecule has 0 spiro atoms. The van der Waals surface area contributed by atoms with Crippen molar-refractivity contribution in [1.29, 1.82) is 0 Å². The van der Waals surface area contributed by atoms with Gasteiger partial charge in [-0.15, -0.1) is 0 Å². The van der Waals surface area contributed by atoms with E-state index in [0.29, 0.717) is 12.3 Å². The van der Waals surface area contributed by atoms with E-state index in [1.807, 2.05) is 30.5 Å². The lowest BCUT2D eigenvalue weighted by molar-refractivity contribution is 0.234. The lowest BCUT2D eigenvalue weighted by Gasteiger charge is -2.29. The maximum atomic E-state index is 5.59. The zero-order valence-corrected chi connectivity index (χ0v) is 16.9. The highest BCUT2D eigenvalue weighted by molar-refractivity contribution is 5.53. The molecule has 0 unspecified atom stereocenters. The van der Waals surface area contributed by atoms with E-state index < -0.39 is 0 Å². The van der Waals surface area contributed by atoms with Crippen LogP contribution in [0.3, 0.4) is 0 Å². The third-order valence-electron chi connectivity index (χ3n) is 5.13. The zero-order valence-electron chi connectivity index (χ0n) is 16.9. The van der Waals surface area contributed by atoms with Gasteiger partial charge in [-0.05, 0) is 12.1 Å². The molecule has 0 amide bonds. The van der Waals surface area contributed by atoms with E-state index in [1.165, 1.54) is 0 Å². The van der Waals surface area contributed by atoms with Gasteiger partial charge in [-0.1, -0.05) is 0 Å². The van der Waals surface area contributed by atoms with Crippen molar-refractivity contribution in [1.82, 2.24) is 19.9 Å². The maximum absolute atomic E-state index is 5.59. The fraction of sp³-hybridized carbons (Fsp3) is 0.318. The van der Waals surface area contributed by atoms with Crippen LogP contribution in [0, 0.1) is 0 Å². The van der Waals surface area contributed by atoms with Gasteiger partial charge >= 0.3 is 0 Å². The molecule has 29 heavy (non-hydrogen) atoms. The number of nitrogens with zero attached hydrogens (tertiary/aromatic N) is 4. The SMILES string of the molecule is COc1cc(OC)c(CN2CCc3nc(-c4cccnc4)ncc3C2)c(OC)c1. The molecular weight excluding hydrogens is 368 g/mol. The molecule has 7 nitrogen and oxygen atoms in total. The van der Waals surface area contributed by atoms with Crippen molar-refractivity contribution in [3.63, 3.8) is 0 Å². The number of ether oxygens (including phenoxy) is 3. The van der Waals surface area contributed by atoms with Crippen LogP contribution in [0.4, 0.5) is 0 Å². The molecule has 0 atom stereocenters. The second-order valence-electron chi connectivity index (χ2n) is 6.88. The van der Waals surface area contributed by atoms with Crippen molar-refractivity contribution >= 4 is 0 Å². The average Bonchev–Trinajstić information content (AvgIpc) is 2.79. The Hall–Kier alpha value is -3.19. The van der Waals surface area contributed by atoms with Crippen molar-refractivity contribution in [2.45, 2.75) is 19.5 Å². The number of hydrogen-bond donors (Lipinski definition) is 0. The Balaban J connectivity index is 1.55. The van der Waals surface area contributed by atoms with Crippen molar-refractivity contribution in [3.8, 4) is 28.6 Å². The van der Waals surface area contributed by atoms with Gasteiger partial charge in [0.05, 0.1) is 32.6 Å². The van der Waals surface area contributed by atoms with Gasteiger partial charge in [-0.3, -0.25) is 9.88 Å². The van der Waals surface area contributed by atoms with Crippen LogP contribution in [0.1, 0.15) is 16.8 Å². The van der Waals surface area contributed by atoms with E-state index in [9.17, 15) is 0 Å². The molecular formula is C22H24N4O3. The number of methoxy groups -OCH3 is 3. The average molecular weight is 392 g/mol. The van der Waals surface area contributed by atoms with Crippen LogP contribution in [0.5, 0.6) is 17.2 Å². The van der Waals surface area contributed by atoms with Crippen LogP contribution in [0.2, 0.25) is 0 Å². The smallest absolute Gasteiger partial charge is 0.160 e. The summed E-state index contributed by atoms with van der Waals surface area (Å²) in [6.45, 7) is 2.38. The van der Waals surface area contributed by atoms with Gasteiger partial charge in [0.1, 0.15) is 17.2 Å². The van der Waals surface area contributed by atoms with Gasteiger partial charge in [0.15, 0.2) is 5.82 Å². The second kappa shape index (κ2) is 8.45. The molecule has 150 valence electrons. The molecule has 2 aromatic heterocycles. The number of pyridine rings is 1. The molecule has 1 aromatic carbocycles. The Bertz CT molecular complexity index is 970. The van der Waals surface area contributed by atoms with Crippen molar-refractivity contribution in [2.75, 3.05) is 27.9 Å². The van der Waals surface area contributed by atoms with Crippen LogP contribution < -0.4 is 14.2 Å². The minimum atomic E-state index is 0.708. The van der Waals surface area contributed by atoms with E-state index in [0.717, 1.165) is 59.2 Å². The summed E-state index contributed by atoms with van der Waals surface area (Å²) in [5.41, 5.74) is 4.19. The van der Waals surface area contributed by atoms with E-state index >= 15 is 0 Å². The highest BCUT2D eigenvalue weighted by Crippen LogP contribution is 2.35. The van der Waals surface area contributed by atoms with Crippen molar-refractivity contribution < 1.29 is 14.2 Å². The first kappa shape index (κ1) is 19.1. The standard InChI is InChI=1S/C22H24N4O3/c1-27-17-9-20(28-2)18(21(10-17)29-3)14-26-8-6-19-16(13-26)12-24-22(25-19)15-5-4-7-23-11-15/h4-5,7,9-12H,6,8,13-14H2,1-3H3. The van der Waals surface area contributed by atoms with Crippen molar-refractivity contribution in [3.05, 3.63) is 59.7 Å². The van der Waals surface area contributed by atoms with Crippen LogP contribution >= 0.6 is 0 Å². The van der Waals surface area contributed by atoms with E-state index in [-0.39, 0.29) is 0 Å². The molecule has 0 fully saturated rings. The summed E-state index contributed by atoms with van der Waals surface area (Å²) in [6, 6.07) is 7.65. The molecule has 0 radical (unpaired) electrons. The first-order valence-electron chi connectivity index (χ1n) is 9.48. The Morgan fingerprint density at radius 3 is 2.48 bits per heavy atom. The molecule has 0 saturated carbocycles. The molecule has 3 heterocycles. The lowest BCUT2D eigenvalue weighted by atomic mass is 10.0. The second-order valence-corrected chi connectivity index (χ2v) is 6.88. The van der Waals surface area contributed by atoms with Crippen molar-refractivity contribution in [2.24, 2.45) is 0 Å². The number of fused-ring (bicyclic) bond motifs is 1. The van der Waals surface area contributed by atoms with Gasteiger partial charge in [-0.25, -0.2) is 9.97 Å². The van der Waals surface area contributed by atoms with Gasteiger partial charge in [0.25, 0.3) is 0 Å². The molecule has 0 N–H and O–H groups in total. The Morgan fingerprint density at radius 2 is 1.83 bits per heavy atom. The molecule has 0 bridgehead atoms. The zero-order chi connectivity index (χ0) is 20.2. The number of aromatic nitrogens is 3. The predicted molar refractivity (Wildman–Crippen MR) is 109 cm³/mol. The lowest BCUT2D eigenvalue weighted by Crippen LogP contribution is -2.31. The summed E-state index contributed by atoms with van der Waals surface area (Å²) in [7, 11) is 4.96. The van der Waals surface area contributed by atoms with Crippen LogP contribution in [-0.2, 0) is 19.5 Å². The van der Waals surface area contributed by atoms with E-state index in [2.05, 4.69) is 14.9 Å². The largest absolute Gasteiger partial charge is 0.496 e. The summed E-state index contributed by atoms with van der Waals surface area (Å²) in [4.78, 5) is 15.8. The summed E-state index contributed by atoms with van der Waals surface area (Å²) in [5.74, 6) is 2.96.